The van der Waals surface area contributed by atoms with Gasteiger partial charge < -0.3 is 9.64 Å². The van der Waals surface area contributed by atoms with Crippen LogP contribution in [0.2, 0.25) is 0 Å². The molecule has 2 unspecified atom stereocenters. The van der Waals surface area contributed by atoms with Crippen LogP contribution in [0.25, 0.3) is 0 Å². The minimum absolute atomic E-state index is 0.0651. The summed E-state index contributed by atoms with van der Waals surface area (Å²) in [6, 6.07) is 15.1. The predicted octanol–water partition coefficient (Wildman–Crippen LogP) is 2.00. The molecule has 2 saturated heterocycles. The number of amides is 2. The Kier molecular flexibility index (Phi) is 4.35. The Morgan fingerprint density at radius 1 is 1.04 bits per heavy atom. The first-order valence-electron chi connectivity index (χ1n) is 8.59. The third-order valence-corrected chi connectivity index (χ3v) is 6.68. The van der Waals surface area contributed by atoms with E-state index in [1.807, 2.05) is 30.3 Å². The maximum absolute atomic E-state index is 12.8. The number of carbonyl (C=O) groups excluding carboxylic acids is 2. The summed E-state index contributed by atoms with van der Waals surface area (Å²) < 4.78 is 31.8. The molecular weight excluding hydrogens is 368 g/mol. The van der Waals surface area contributed by atoms with Gasteiger partial charge in [0.2, 0.25) is 0 Å². The summed E-state index contributed by atoms with van der Waals surface area (Å²) in [4.78, 5) is 26.4. The van der Waals surface area contributed by atoms with Crippen LogP contribution in [-0.2, 0) is 26.2 Å². The fourth-order valence-corrected chi connectivity index (χ4v) is 5.12. The molecule has 2 bridgehead atoms. The summed E-state index contributed by atoms with van der Waals surface area (Å²) in [6.07, 6.45) is 0.241. The molecule has 2 atom stereocenters. The predicted molar refractivity (Wildman–Crippen MR) is 96.0 cm³/mol. The average molecular weight is 386 g/mol. The van der Waals surface area contributed by atoms with Crippen LogP contribution >= 0.6 is 0 Å². The van der Waals surface area contributed by atoms with Gasteiger partial charge in [0, 0.05) is 13.0 Å². The molecule has 8 heteroatoms. The lowest BCUT2D eigenvalue weighted by molar-refractivity contribution is -0.149. The van der Waals surface area contributed by atoms with Gasteiger partial charge in [-0.2, -0.15) is 0 Å². The molecule has 27 heavy (non-hydrogen) atoms. The molecule has 2 aliphatic rings. The van der Waals surface area contributed by atoms with Gasteiger partial charge in [-0.15, -0.1) is 0 Å². The van der Waals surface area contributed by atoms with Gasteiger partial charge in [0.25, 0.3) is 10.0 Å². The third kappa shape index (κ3) is 3.06. The summed E-state index contributed by atoms with van der Waals surface area (Å²) in [5.74, 6) is -0.508. The molecule has 7 nitrogen and oxygen atoms in total. The minimum atomic E-state index is -3.93. The molecule has 2 amide bonds. The van der Waals surface area contributed by atoms with Crippen molar-refractivity contribution < 1.29 is 22.7 Å². The Balaban J connectivity index is 1.46. The molecule has 2 aromatic carbocycles. The van der Waals surface area contributed by atoms with Crippen molar-refractivity contribution in [2.24, 2.45) is 0 Å². The Labute approximate surface area is 157 Å². The summed E-state index contributed by atoms with van der Waals surface area (Å²) >= 11 is 0. The fraction of sp³-hybridized carbons (Fsp3) is 0.263. The Morgan fingerprint density at radius 3 is 2.30 bits per heavy atom. The number of benzene rings is 2. The lowest BCUT2D eigenvalue weighted by Gasteiger charge is -2.30. The first-order valence-corrected chi connectivity index (χ1v) is 10.0. The normalized spacial score (nSPS) is 21.6. The van der Waals surface area contributed by atoms with Crippen LogP contribution in [0.15, 0.2) is 65.6 Å². The Hall–Kier alpha value is -2.87. The number of nitrogens with zero attached hydrogens (tertiary/aromatic N) is 2. The van der Waals surface area contributed by atoms with E-state index in [2.05, 4.69) is 0 Å². The maximum Gasteiger partial charge on any atom is 0.335 e. The number of sulfonamides is 1. The van der Waals surface area contributed by atoms with E-state index in [0.717, 1.165) is 9.87 Å². The van der Waals surface area contributed by atoms with Crippen molar-refractivity contribution in [1.82, 2.24) is 9.21 Å². The molecule has 140 valence electrons. The zero-order chi connectivity index (χ0) is 19.0. The van der Waals surface area contributed by atoms with E-state index in [4.69, 9.17) is 4.74 Å². The van der Waals surface area contributed by atoms with Gasteiger partial charge in [0.1, 0.15) is 12.6 Å². The van der Waals surface area contributed by atoms with Gasteiger partial charge in [-0.25, -0.2) is 22.3 Å². The van der Waals surface area contributed by atoms with Crippen molar-refractivity contribution in [3.63, 3.8) is 0 Å². The number of carbonyl (C=O) groups is 2. The maximum atomic E-state index is 12.8. The SMILES string of the molecule is O=C(OCc1ccccc1)C1CC2CN1C(=O)N2S(=O)(=O)c1ccccc1. The molecule has 2 aromatic rings. The monoisotopic (exact) mass is 386 g/mol. The topological polar surface area (TPSA) is 84.0 Å². The van der Waals surface area contributed by atoms with Crippen molar-refractivity contribution in [3.8, 4) is 0 Å². The molecule has 2 heterocycles. The van der Waals surface area contributed by atoms with Crippen LogP contribution < -0.4 is 0 Å². The van der Waals surface area contributed by atoms with Gasteiger partial charge in [-0.05, 0) is 17.7 Å². The Bertz CT molecular complexity index is 962. The lowest BCUT2D eigenvalue weighted by Crippen LogP contribution is -2.50. The molecule has 0 radical (unpaired) electrons. The van der Waals surface area contributed by atoms with Gasteiger partial charge in [0.05, 0.1) is 10.9 Å². The smallest absolute Gasteiger partial charge is 0.335 e. The van der Waals surface area contributed by atoms with E-state index in [-0.39, 0.29) is 24.5 Å². The first kappa shape index (κ1) is 17.5. The molecular formula is C19H18N2O5S. The summed E-state index contributed by atoms with van der Waals surface area (Å²) in [6.45, 7) is 0.324. The molecule has 2 aliphatic heterocycles. The highest BCUT2D eigenvalue weighted by atomic mass is 32.2. The van der Waals surface area contributed by atoms with Gasteiger partial charge in [-0.1, -0.05) is 48.5 Å². The van der Waals surface area contributed by atoms with E-state index >= 15 is 0 Å². The van der Waals surface area contributed by atoms with Crippen LogP contribution in [0.1, 0.15) is 12.0 Å². The van der Waals surface area contributed by atoms with Crippen molar-refractivity contribution in [1.29, 1.82) is 0 Å². The molecule has 0 spiro atoms. The second-order valence-corrected chi connectivity index (χ2v) is 8.36. The average Bonchev–Trinajstić information content (AvgIpc) is 3.26. The molecule has 0 saturated carbocycles. The van der Waals surface area contributed by atoms with Crippen LogP contribution in [0.5, 0.6) is 0 Å². The van der Waals surface area contributed by atoms with Crippen LogP contribution in [0.3, 0.4) is 0 Å². The zero-order valence-electron chi connectivity index (χ0n) is 14.4. The van der Waals surface area contributed by atoms with E-state index in [0.29, 0.717) is 0 Å². The van der Waals surface area contributed by atoms with Gasteiger partial charge in [-0.3, -0.25) is 0 Å². The van der Waals surface area contributed by atoms with E-state index < -0.39 is 34.1 Å². The summed E-state index contributed by atoms with van der Waals surface area (Å²) in [5.41, 5.74) is 0.851. The lowest BCUT2D eigenvalue weighted by atomic mass is 10.1. The number of hydrogen-bond donors (Lipinski definition) is 0. The number of urea groups is 1. The van der Waals surface area contributed by atoms with E-state index in [1.165, 1.54) is 17.0 Å². The van der Waals surface area contributed by atoms with Crippen LogP contribution in [0, 0.1) is 0 Å². The number of rotatable bonds is 5. The third-order valence-electron chi connectivity index (χ3n) is 4.84. The fourth-order valence-electron chi connectivity index (χ4n) is 3.53. The largest absolute Gasteiger partial charge is 0.459 e. The van der Waals surface area contributed by atoms with Crippen molar-refractivity contribution in [2.75, 3.05) is 6.54 Å². The highest BCUT2D eigenvalue weighted by Gasteiger charge is 2.55. The molecule has 4 rings (SSSR count). The van der Waals surface area contributed by atoms with Gasteiger partial charge in [0.15, 0.2) is 0 Å². The Morgan fingerprint density at radius 2 is 1.67 bits per heavy atom. The molecule has 0 N–H and O–H groups in total. The second kappa shape index (κ2) is 6.70. The van der Waals surface area contributed by atoms with Crippen molar-refractivity contribution >= 4 is 22.0 Å². The number of fused-ring (bicyclic) bond motifs is 2. The number of hydrogen-bond acceptors (Lipinski definition) is 5. The zero-order valence-corrected chi connectivity index (χ0v) is 15.2. The first-order chi connectivity index (χ1) is 13.0. The second-order valence-electron chi connectivity index (χ2n) is 6.55. The van der Waals surface area contributed by atoms with Crippen molar-refractivity contribution in [2.45, 2.75) is 30.0 Å². The summed E-state index contributed by atoms with van der Waals surface area (Å²) in [7, 11) is -3.93. The highest BCUT2D eigenvalue weighted by Crippen LogP contribution is 2.36. The minimum Gasteiger partial charge on any atom is -0.459 e. The molecule has 2 fully saturated rings. The van der Waals surface area contributed by atoms with Crippen molar-refractivity contribution in [3.05, 3.63) is 66.2 Å². The highest BCUT2D eigenvalue weighted by molar-refractivity contribution is 7.89. The summed E-state index contributed by atoms with van der Waals surface area (Å²) in [5, 5.41) is 0. The van der Waals surface area contributed by atoms with Crippen LogP contribution in [0.4, 0.5) is 4.79 Å². The number of ether oxygens (including phenoxy) is 1. The van der Waals surface area contributed by atoms with E-state index in [1.54, 1.807) is 18.2 Å². The van der Waals surface area contributed by atoms with Gasteiger partial charge >= 0.3 is 12.0 Å². The molecule has 0 aliphatic carbocycles. The van der Waals surface area contributed by atoms with Crippen LogP contribution in [-0.4, -0.2) is 48.3 Å². The van der Waals surface area contributed by atoms with E-state index in [9.17, 15) is 18.0 Å². The number of esters is 1. The quantitative estimate of drug-likeness (QED) is 0.734. The molecule has 0 aromatic heterocycles. The standard InChI is InChI=1S/C19H18N2O5S/c22-18(26-13-14-7-3-1-4-8-14)17-11-15-12-20(17)19(23)21(15)27(24,25)16-9-5-2-6-10-16/h1-10,15,17H,11-13H2.